The van der Waals surface area contributed by atoms with Crippen LogP contribution in [0.3, 0.4) is 0 Å². The summed E-state index contributed by atoms with van der Waals surface area (Å²) >= 11 is 0. The monoisotopic (exact) mass is 435 g/mol. The minimum atomic E-state index is -0.883. The topological polar surface area (TPSA) is 57.2 Å². The van der Waals surface area contributed by atoms with Crippen LogP contribution in [0.25, 0.3) is 0 Å². The molecule has 1 aliphatic carbocycles. The lowest BCUT2D eigenvalue weighted by Crippen LogP contribution is -2.30. The van der Waals surface area contributed by atoms with Crippen molar-refractivity contribution in [1.82, 2.24) is 4.90 Å². The second-order valence-corrected chi connectivity index (χ2v) is 7.39. The first-order chi connectivity index (χ1) is 15.5. The van der Waals surface area contributed by atoms with Crippen molar-refractivity contribution < 1.29 is 23.7 Å². The van der Waals surface area contributed by atoms with Gasteiger partial charge in [-0.05, 0) is 41.0 Å². The molecule has 168 valence electrons. The number of nitrogens with zero attached hydrogens (tertiary/aromatic N) is 1. The number of allylic oxidation sites excluding steroid dienone is 3. The van der Waals surface area contributed by atoms with Crippen molar-refractivity contribution in [2.75, 3.05) is 28.4 Å². The lowest BCUT2D eigenvalue weighted by Gasteiger charge is -2.26. The Kier molecular flexibility index (Phi) is 7.87. The highest BCUT2D eigenvalue weighted by molar-refractivity contribution is 5.89. The van der Waals surface area contributed by atoms with Gasteiger partial charge in [0.1, 0.15) is 6.61 Å². The van der Waals surface area contributed by atoms with E-state index in [0.717, 1.165) is 16.7 Å². The number of benzene rings is 2. The van der Waals surface area contributed by atoms with Gasteiger partial charge < -0.3 is 23.8 Å². The van der Waals surface area contributed by atoms with Gasteiger partial charge in [-0.2, -0.15) is 0 Å². The van der Waals surface area contributed by atoms with Gasteiger partial charge in [0, 0.05) is 33.9 Å². The molecular weight excluding hydrogens is 406 g/mol. The van der Waals surface area contributed by atoms with E-state index in [0.29, 0.717) is 24.7 Å². The lowest BCUT2D eigenvalue weighted by atomic mass is 10.0. The molecule has 0 heterocycles. The molecule has 0 fully saturated rings. The summed E-state index contributed by atoms with van der Waals surface area (Å²) in [5, 5.41) is 0. The van der Waals surface area contributed by atoms with E-state index in [1.807, 2.05) is 60.7 Å². The van der Waals surface area contributed by atoms with Crippen LogP contribution in [0.2, 0.25) is 0 Å². The predicted octanol–water partition coefficient (Wildman–Crippen LogP) is 4.27. The molecule has 3 rings (SSSR count). The number of ether oxygens (including phenoxy) is 4. The van der Waals surface area contributed by atoms with Crippen molar-refractivity contribution in [2.24, 2.45) is 0 Å². The van der Waals surface area contributed by atoms with Crippen molar-refractivity contribution >= 4 is 5.91 Å². The molecular formula is C26H29NO5. The number of amides is 1. The fourth-order valence-corrected chi connectivity index (χ4v) is 3.26. The zero-order valence-electron chi connectivity index (χ0n) is 18.9. The SMILES string of the molecule is COc1ccc(CN(C)C(=O)C=C2C=CC(OC)(OC)C=C2)cc1OCc1ccccc1. The molecule has 6 nitrogen and oxygen atoms in total. The Morgan fingerprint density at radius 2 is 1.62 bits per heavy atom. The van der Waals surface area contributed by atoms with E-state index in [-0.39, 0.29) is 5.91 Å². The Bertz CT molecular complexity index is 988. The molecule has 0 aliphatic heterocycles. The quantitative estimate of drug-likeness (QED) is 0.435. The lowest BCUT2D eigenvalue weighted by molar-refractivity contribution is -0.133. The van der Waals surface area contributed by atoms with Gasteiger partial charge in [0.2, 0.25) is 11.7 Å². The zero-order chi connectivity index (χ0) is 23.0. The van der Waals surface area contributed by atoms with Gasteiger partial charge in [0.15, 0.2) is 11.5 Å². The number of hydrogen-bond acceptors (Lipinski definition) is 5. The van der Waals surface area contributed by atoms with E-state index >= 15 is 0 Å². The Balaban J connectivity index is 1.66. The molecule has 0 unspecified atom stereocenters. The summed E-state index contributed by atoms with van der Waals surface area (Å²) in [4.78, 5) is 14.3. The number of carbonyl (C=O) groups excluding carboxylic acids is 1. The Morgan fingerprint density at radius 1 is 0.938 bits per heavy atom. The second kappa shape index (κ2) is 10.8. The molecule has 6 heteroatoms. The van der Waals surface area contributed by atoms with Gasteiger partial charge in [0.05, 0.1) is 7.11 Å². The van der Waals surface area contributed by atoms with Crippen LogP contribution in [-0.4, -0.2) is 45.0 Å². The molecule has 0 spiro atoms. The molecule has 2 aromatic rings. The fourth-order valence-electron chi connectivity index (χ4n) is 3.26. The fraction of sp³-hybridized carbons (Fsp3) is 0.269. The number of methoxy groups -OCH3 is 3. The molecule has 0 bridgehead atoms. The average Bonchev–Trinajstić information content (AvgIpc) is 2.84. The van der Waals surface area contributed by atoms with Crippen LogP contribution in [0.1, 0.15) is 11.1 Å². The number of rotatable bonds is 9. The van der Waals surface area contributed by atoms with E-state index in [4.69, 9.17) is 18.9 Å². The molecule has 0 saturated heterocycles. The molecule has 1 aliphatic rings. The normalized spacial score (nSPS) is 14.2. The van der Waals surface area contributed by atoms with Crippen molar-refractivity contribution in [3.05, 3.63) is 95.6 Å². The molecule has 0 aromatic heterocycles. The van der Waals surface area contributed by atoms with E-state index in [9.17, 15) is 4.79 Å². The maximum Gasteiger partial charge on any atom is 0.247 e. The average molecular weight is 436 g/mol. The van der Waals surface area contributed by atoms with Crippen LogP contribution in [-0.2, 0) is 27.4 Å². The van der Waals surface area contributed by atoms with Gasteiger partial charge in [-0.1, -0.05) is 48.6 Å². The minimum Gasteiger partial charge on any atom is -0.493 e. The zero-order valence-corrected chi connectivity index (χ0v) is 18.9. The highest BCUT2D eigenvalue weighted by Gasteiger charge is 2.24. The van der Waals surface area contributed by atoms with Gasteiger partial charge >= 0.3 is 0 Å². The summed E-state index contributed by atoms with van der Waals surface area (Å²) in [7, 11) is 6.51. The molecule has 0 saturated carbocycles. The summed E-state index contributed by atoms with van der Waals surface area (Å²) in [5.74, 6) is 0.296. The number of hydrogen-bond donors (Lipinski definition) is 0. The first-order valence-corrected chi connectivity index (χ1v) is 10.3. The van der Waals surface area contributed by atoms with Crippen molar-refractivity contribution in [3.63, 3.8) is 0 Å². The first kappa shape index (κ1) is 23.3. The summed E-state index contributed by atoms with van der Waals surface area (Å²) < 4.78 is 22.1. The summed E-state index contributed by atoms with van der Waals surface area (Å²) in [5.41, 5.74) is 2.78. The Labute approximate surface area is 189 Å². The molecule has 0 radical (unpaired) electrons. The smallest absolute Gasteiger partial charge is 0.247 e. The Hall–Kier alpha value is -3.35. The molecule has 0 atom stereocenters. The number of likely N-dealkylation sites (N-methyl/N-ethyl adjacent to an activating group) is 1. The van der Waals surface area contributed by atoms with Crippen LogP contribution in [0.5, 0.6) is 11.5 Å². The Morgan fingerprint density at radius 3 is 2.25 bits per heavy atom. The number of carbonyl (C=O) groups is 1. The van der Waals surface area contributed by atoms with Crippen molar-refractivity contribution in [1.29, 1.82) is 0 Å². The van der Waals surface area contributed by atoms with Crippen LogP contribution in [0, 0.1) is 0 Å². The largest absolute Gasteiger partial charge is 0.493 e. The van der Waals surface area contributed by atoms with Crippen LogP contribution in [0.15, 0.2) is 84.5 Å². The van der Waals surface area contributed by atoms with E-state index in [2.05, 4.69) is 0 Å². The highest BCUT2D eigenvalue weighted by atomic mass is 16.7. The van der Waals surface area contributed by atoms with Crippen LogP contribution >= 0.6 is 0 Å². The van der Waals surface area contributed by atoms with Gasteiger partial charge in [-0.25, -0.2) is 0 Å². The molecule has 0 N–H and O–H groups in total. The molecule has 2 aromatic carbocycles. The van der Waals surface area contributed by atoms with Crippen LogP contribution in [0.4, 0.5) is 0 Å². The van der Waals surface area contributed by atoms with Crippen molar-refractivity contribution in [2.45, 2.75) is 18.9 Å². The maximum absolute atomic E-state index is 12.7. The third-order valence-corrected chi connectivity index (χ3v) is 5.21. The van der Waals surface area contributed by atoms with Gasteiger partial charge in [-0.15, -0.1) is 0 Å². The highest BCUT2D eigenvalue weighted by Crippen LogP contribution is 2.29. The predicted molar refractivity (Wildman–Crippen MR) is 123 cm³/mol. The first-order valence-electron chi connectivity index (χ1n) is 10.3. The van der Waals surface area contributed by atoms with E-state index < -0.39 is 5.79 Å². The summed E-state index contributed by atoms with van der Waals surface area (Å²) in [6.07, 6.45) is 8.74. The van der Waals surface area contributed by atoms with Gasteiger partial charge in [0.25, 0.3) is 0 Å². The molecule has 32 heavy (non-hydrogen) atoms. The summed E-state index contributed by atoms with van der Waals surface area (Å²) in [6.45, 7) is 0.868. The standard InChI is InChI=1S/C26H29NO5/c1-27(25(28)17-20-12-14-26(30-3,31-4)15-13-20)18-22-10-11-23(29-2)24(16-22)32-19-21-8-6-5-7-9-21/h5-17H,18-19H2,1-4H3. The third kappa shape index (κ3) is 5.87. The third-order valence-electron chi connectivity index (χ3n) is 5.21. The summed E-state index contributed by atoms with van der Waals surface area (Å²) in [6, 6.07) is 15.6. The van der Waals surface area contributed by atoms with Crippen molar-refractivity contribution in [3.8, 4) is 11.5 Å². The second-order valence-electron chi connectivity index (χ2n) is 7.39. The minimum absolute atomic E-state index is 0.112. The van der Waals surface area contributed by atoms with Gasteiger partial charge in [-0.3, -0.25) is 4.79 Å². The molecule has 1 amide bonds. The van der Waals surface area contributed by atoms with E-state index in [1.165, 1.54) is 0 Å². The van der Waals surface area contributed by atoms with E-state index in [1.54, 1.807) is 51.5 Å². The van der Waals surface area contributed by atoms with Crippen LogP contribution < -0.4 is 9.47 Å². The maximum atomic E-state index is 12.7.